The number of para-hydroxylation sites is 2. The fraction of sp³-hybridized carbons (Fsp3) is 0.125. The Hall–Kier alpha value is -3.84. The molecular formula is C24H21ClN2O5. The van der Waals surface area contributed by atoms with Crippen molar-refractivity contribution < 1.29 is 23.8 Å². The van der Waals surface area contributed by atoms with Gasteiger partial charge in [-0.25, -0.2) is 10.2 Å². The Labute approximate surface area is 190 Å². The van der Waals surface area contributed by atoms with Gasteiger partial charge in [0.05, 0.1) is 23.4 Å². The molecule has 0 heterocycles. The van der Waals surface area contributed by atoms with Gasteiger partial charge in [0.2, 0.25) is 0 Å². The van der Waals surface area contributed by atoms with E-state index >= 15 is 0 Å². The second-order valence-corrected chi connectivity index (χ2v) is 6.81. The Kier molecular flexibility index (Phi) is 8.22. The molecular weight excluding hydrogens is 432 g/mol. The molecule has 0 aliphatic carbocycles. The Morgan fingerprint density at radius 1 is 0.938 bits per heavy atom. The second kappa shape index (κ2) is 11.5. The van der Waals surface area contributed by atoms with Crippen molar-refractivity contribution in [3.63, 3.8) is 0 Å². The van der Waals surface area contributed by atoms with Gasteiger partial charge in [0.25, 0.3) is 5.91 Å². The first kappa shape index (κ1) is 22.8. The number of benzene rings is 3. The minimum Gasteiger partial charge on any atom is -0.490 e. The summed E-state index contributed by atoms with van der Waals surface area (Å²) in [5.74, 6) is 0.447. The predicted molar refractivity (Wildman–Crippen MR) is 122 cm³/mol. The molecule has 0 saturated heterocycles. The average molecular weight is 453 g/mol. The summed E-state index contributed by atoms with van der Waals surface area (Å²) >= 11 is 6.00. The fourth-order valence-corrected chi connectivity index (χ4v) is 2.82. The van der Waals surface area contributed by atoms with Crippen molar-refractivity contribution in [2.45, 2.75) is 6.92 Å². The van der Waals surface area contributed by atoms with E-state index in [-0.39, 0.29) is 12.2 Å². The molecule has 164 valence electrons. The van der Waals surface area contributed by atoms with Crippen molar-refractivity contribution in [2.75, 3.05) is 13.2 Å². The van der Waals surface area contributed by atoms with Gasteiger partial charge in [-0.2, -0.15) is 5.10 Å². The summed E-state index contributed by atoms with van der Waals surface area (Å²) in [5.41, 5.74) is 3.38. The summed E-state index contributed by atoms with van der Waals surface area (Å²) < 4.78 is 16.2. The highest BCUT2D eigenvalue weighted by molar-refractivity contribution is 6.33. The van der Waals surface area contributed by atoms with E-state index in [1.165, 1.54) is 6.21 Å². The van der Waals surface area contributed by atoms with Gasteiger partial charge < -0.3 is 14.2 Å². The second-order valence-electron chi connectivity index (χ2n) is 6.40. The molecule has 0 fully saturated rings. The molecule has 0 bridgehead atoms. The first-order valence-electron chi connectivity index (χ1n) is 9.80. The van der Waals surface area contributed by atoms with Crippen LogP contribution in [0.4, 0.5) is 0 Å². The monoisotopic (exact) mass is 452 g/mol. The lowest BCUT2D eigenvalue weighted by Crippen LogP contribution is -2.24. The van der Waals surface area contributed by atoms with Gasteiger partial charge in [0, 0.05) is 0 Å². The third-order valence-electron chi connectivity index (χ3n) is 4.10. The number of carbonyl (C=O) groups is 2. The molecule has 1 N–H and O–H groups in total. The van der Waals surface area contributed by atoms with Gasteiger partial charge in [0.15, 0.2) is 18.1 Å². The van der Waals surface area contributed by atoms with Crippen LogP contribution in [-0.4, -0.2) is 31.3 Å². The topological polar surface area (TPSA) is 86.2 Å². The van der Waals surface area contributed by atoms with Gasteiger partial charge >= 0.3 is 5.97 Å². The Morgan fingerprint density at radius 3 is 2.28 bits per heavy atom. The zero-order valence-corrected chi connectivity index (χ0v) is 18.0. The van der Waals surface area contributed by atoms with Gasteiger partial charge in [-0.1, -0.05) is 35.9 Å². The van der Waals surface area contributed by atoms with E-state index in [1.807, 2.05) is 13.0 Å². The summed E-state index contributed by atoms with van der Waals surface area (Å²) in [5, 5.41) is 4.22. The third kappa shape index (κ3) is 6.58. The van der Waals surface area contributed by atoms with E-state index in [9.17, 15) is 9.59 Å². The average Bonchev–Trinajstić information content (AvgIpc) is 2.80. The number of esters is 1. The van der Waals surface area contributed by atoms with Gasteiger partial charge in [-0.15, -0.1) is 0 Å². The maximum atomic E-state index is 12.2. The largest absolute Gasteiger partial charge is 0.490 e. The lowest BCUT2D eigenvalue weighted by Gasteiger charge is -2.10. The zero-order chi connectivity index (χ0) is 22.8. The van der Waals surface area contributed by atoms with E-state index in [1.54, 1.807) is 66.7 Å². The number of rotatable bonds is 9. The standard InChI is InChI=1S/C24H21ClN2O5/c1-2-30-21-9-5-6-10-22(21)31-16-23(28)27-26-15-17-11-13-18(14-12-17)32-24(29)19-7-3-4-8-20(19)25/h3-15H,2,16H2,1H3,(H,27,28)/b26-15-. The highest BCUT2D eigenvalue weighted by Gasteiger charge is 2.12. The molecule has 3 aromatic carbocycles. The number of hydrazone groups is 1. The Bertz CT molecular complexity index is 1100. The molecule has 8 heteroatoms. The number of ether oxygens (including phenoxy) is 3. The number of nitrogens with one attached hydrogen (secondary N) is 1. The molecule has 0 aromatic heterocycles. The Balaban J connectivity index is 1.48. The van der Waals surface area contributed by atoms with Crippen LogP contribution in [0.2, 0.25) is 5.02 Å². The molecule has 3 aromatic rings. The van der Waals surface area contributed by atoms with E-state index in [4.69, 9.17) is 25.8 Å². The maximum absolute atomic E-state index is 12.2. The zero-order valence-electron chi connectivity index (χ0n) is 17.3. The summed E-state index contributed by atoms with van der Waals surface area (Å²) in [7, 11) is 0. The van der Waals surface area contributed by atoms with Gasteiger partial charge in [-0.3, -0.25) is 4.79 Å². The number of amides is 1. The van der Waals surface area contributed by atoms with Crippen LogP contribution in [0.25, 0.3) is 0 Å². The number of hydrogen-bond donors (Lipinski definition) is 1. The van der Waals surface area contributed by atoms with Crippen LogP contribution in [0, 0.1) is 0 Å². The molecule has 0 atom stereocenters. The van der Waals surface area contributed by atoms with E-state index in [2.05, 4.69) is 10.5 Å². The van der Waals surface area contributed by atoms with Crippen LogP contribution in [0.1, 0.15) is 22.8 Å². The lowest BCUT2D eigenvalue weighted by atomic mass is 10.2. The minimum absolute atomic E-state index is 0.210. The molecule has 0 aliphatic heterocycles. The summed E-state index contributed by atoms with van der Waals surface area (Å²) in [6, 6.07) is 20.4. The van der Waals surface area contributed by atoms with Crippen LogP contribution in [0.15, 0.2) is 77.9 Å². The first-order chi connectivity index (χ1) is 15.6. The highest BCUT2D eigenvalue weighted by atomic mass is 35.5. The summed E-state index contributed by atoms with van der Waals surface area (Å²) in [4.78, 5) is 24.1. The van der Waals surface area contributed by atoms with Crippen molar-refractivity contribution >= 4 is 29.7 Å². The molecule has 7 nitrogen and oxygen atoms in total. The predicted octanol–water partition coefficient (Wildman–Crippen LogP) is 4.49. The number of nitrogens with zero attached hydrogens (tertiary/aromatic N) is 1. The molecule has 32 heavy (non-hydrogen) atoms. The van der Waals surface area contributed by atoms with Crippen LogP contribution < -0.4 is 19.6 Å². The van der Waals surface area contributed by atoms with Gasteiger partial charge in [-0.05, 0) is 61.0 Å². The number of hydrogen-bond acceptors (Lipinski definition) is 6. The van der Waals surface area contributed by atoms with E-state index in [0.717, 1.165) is 0 Å². The molecule has 0 unspecified atom stereocenters. The normalized spacial score (nSPS) is 10.6. The van der Waals surface area contributed by atoms with Crippen LogP contribution in [-0.2, 0) is 4.79 Å². The van der Waals surface area contributed by atoms with E-state index in [0.29, 0.717) is 34.4 Å². The smallest absolute Gasteiger partial charge is 0.345 e. The highest BCUT2D eigenvalue weighted by Crippen LogP contribution is 2.26. The number of carbonyl (C=O) groups excluding carboxylic acids is 2. The third-order valence-corrected chi connectivity index (χ3v) is 4.42. The lowest BCUT2D eigenvalue weighted by molar-refractivity contribution is -0.123. The van der Waals surface area contributed by atoms with Crippen LogP contribution in [0.3, 0.4) is 0 Å². The summed E-state index contributed by atoms with van der Waals surface area (Å²) in [6.45, 7) is 2.15. The molecule has 0 saturated carbocycles. The van der Waals surface area contributed by atoms with Crippen molar-refractivity contribution in [1.29, 1.82) is 0 Å². The molecule has 3 rings (SSSR count). The molecule has 0 aliphatic rings. The van der Waals surface area contributed by atoms with Crippen LogP contribution in [0.5, 0.6) is 17.2 Å². The Morgan fingerprint density at radius 2 is 1.59 bits per heavy atom. The first-order valence-corrected chi connectivity index (χ1v) is 10.2. The number of halogens is 1. The fourth-order valence-electron chi connectivity index (χ4n) is 2.61. The minimum atomic E-state index is -0.546. The summed E-state index contributed by atoms with van der Waals surface area (Å²) in [6.07, 6.45) is 1.46. The van der Waals surface area contributed by atoms with Crippen molar-refractivity contribution in [3.8, 4) is 17.2 Å². The van der Waals surface area contributed by atoms with Crippen molar-refractivity contribution in [2.24, 2.45) is 5.10 Å². The van der Waals surface area contributed by atoms with Crippen molar-refractivity contribution in [3.05, 3.63) is 88.9 Å². The van der Waals surface area contributed by atoms with E-state index < -0.39 is 11.9 Å². The quantitative estimate of drug-likeness (QED) is 0.224. The maximum Gasteiger partial charge on any atom is 0.345 e. The van der Waals surface area contributed by atoms with Crippen molar-refractivity contribution in [1.82, 2.24) is 5.43 Å². The molecule has 1 amide bonds. The van der Waals surface area contributed by atoms with Gasteiger partial charge in [0.1, 0.15) is 5.75 Å². The molecule has 0 radical (unpaired) electrons. The van der Waals surface area contributed by atoms with Crippen LogP contribution >= 0.6 is 11.6 Å². The molecule has 0 spiro atoms. The SMILES string of the molecule is CCOc1ccccc1OCC(=O)N/N=C\c1ccc(OC(=O)c2ccccc2Cl)cc1.